The smallest absolute Gasteiger partial charge is 0.307 e. The van der Waals surface area contributed by atoms with Crippen molar-refractivity contribution in [2.75, 3.05) is 17.7 Å². The molecule has 0 fully saturated rings. The molecule has 0 saturated heterocycles. The highest BCUT2D eigenvalue weighted by Gasteiger charge is 2.20. The van der Waals surface area contributed by atoms with Gasteiger partial charge in [-0.3, -0.25) is 10.1 Å². The van der Waals surface area contributed by atoms with Crippen molar-refractivity contribution < 1.29 is 14.1 Å². The number of nitro groups is 1. The van der Waals surface area contributed by atoms with Crippen LogP contribution in [0.3, 0.4) is 0 Å². The molecule has 2 N–H and O–H groups in total. The molecule has 31 heavy (non-hydrogen) atoms. The lowest BCUT2D eigenvalue weighted by Crippen LogP contribution is -2.04. The summed E-state index contributed by atoms with van der Waals surface area (Å²) in [5.74, 6) is -0.485. The van der Waals surface area contributed by atoms with Gasteiger partial charge in [0, 0.05) is 17.8 Å². The van der Waals surface area contributed by atoms with Crippen LogP contribution in [0.4, 0.5) is 33.2 Å². The number of aryl methyl sites for hydroxylation is 1. The Morgan fingerprint density at radius 2 is 2.10 bits per heavy atom. The third-order valence-corrected chi connectivity index (χ3v) is 5.02. The molecule has 1 aliphatic carbocycles. The van der Waals surface area contributed by atoms with Crippen LogP contribution in [0.1, 0.15) is 17.5 Å². The first-order valence-corrected chi connectivity index (χ1v) is 9.70. The number of methoxy groups -OCH3 is 1. The van der Waals surface area contributed by atoms with E-state index in [9.17, 15) is 14.5 Å². The van der Waals surface area contributed by atoms with Gasteiger partial charge in [0.25, 0.3) is 0 Å². The summed E-state index contributed by atoms with van der Waals surface area (Å²) in [5, 5.41) is 17.3. The monoisotopic (exact) mass is 441 g/mol. The number of anilines is 4. The Balaban J connectivity index is 1.62. The van der Waals surface area contributed by atoms with Crippen LogP contribution in [-0.4, -0.2) is 22.0 Å². The van der Waals surface area contributed by atoms with Crippen molar-refractivity contribution in [3.05, 3.63) is 74.7 Å². The van der Waals surface area contributed by atoms with Crippen LogP contribution >= 0.6 is 11.6 Å². The maximum atomic E-state index is 13.9. The SMILES string of the molecule is COc1cc(F)c([N+](=O)[O-])cc1Nc1ncc(Cl)c(Nc2ccc3c(c2)CCC=C3)n1. The lowest BCUT2D eigenvalue weighted by molar-refractivity contribution is -0.387. The first-order chi connectivity index (χ1) is 14.9. The summed E-state index contributed by atoms with van der Waals surface area (Å²) in [5.41, 5.74) is 2.66. The van der Waals surface area contributed by atoms with Gasteiger partial charge in [-0.25, -0.2) is 4.98 Å². The fraction of sp³-hybridized carbons (Fsp3) is 0.143. The molecule has 0 amide bonds. The Kier molecular flexibility index (Phi) is 5.68. The second-order valence-electron chi connectivity index (χ2n) is 6.76. The molecule has 0 bridgehead atoms. The second kappa shape index (κ2) is 8.57. The maximum absolute atomic E-state index is 13.9. The minimum absolute atomic E-state index is 0.0684. The molecule has 0 unspecified atom stereocenters. The van der Waals surface area contributed by atoms with E-state index in [1.807, 2.05) is 18.2 Å². The Labute approximate surface area is 181 Å². The first kappa shape index (κ1) is 20.5. The maximum Gasteiger partial charge on any atom is 0.307 e. The van der Waals surface area contributed by atoms with Gasteiger partial charge in [-0.05, 0) is 36.1 Å². The molecular weight excluding hydrogens is 425 g/mol. The van der Waals surface area contributed by atoms with Crippen molar-refractivity contribution in [2.24, 2.45) is 0 Å². The average molecular weight is 442 g/mol. The first-order valence-electron chi connectivity index (χ1n) is 9.32. The van der Waals surface area contributed by atoms with E-state index in [4.69, 9.17) is 16.3 Å². The van der Waals surface area contributed by atoms with Crippen LogP contribution in [0.25, 0.3) is 6.08 Å². The summed E-state index contributed by atoms with van der Waals surface area (Å²) < 4.78 is 19.0. The summed E-state index contributed by atoms with van der Waals surface area (Å²) in [4.78, 5) is 18.7. The Morgan fingerprint density at radius 3 is 2.87 bits per heavy atom. The number of hydrogen-bond donors (Lipinski definition) is 2. The number of nitrogens with one attached hydrogen (secondary N) is 2. The van der Waals surface area contributed by atoms with E-state index in [0.29, 0.717) is 10.8 Å². The van der Waals surface area contributed by atoms with Crippen LogP contribution in [0.5, 0.6) is 5.75 Å². The number of nitro benzene ring substituents is 1. The fourth-order valence-corrected chi connectivity index (χ4v) is 3.37. The molecule has 2 aromatic carbocycles. The number of halogens is 2. The van der Waals surface area contributed by atoms with Gasteiger partial charge in [-0.15, -0.1) is 0 Å². The third kappa shape index (κ3) is 4.41. The lowest BCUT2D eigenvalue weighted by atomic mass is 9.97. The van der Waals surface area contributed by atoms with E-state index in [1.54, 1.807) is 0 Å². The van der Waals surface area contributed by atoms with E-state index in [2.05, 4.69) is 32.8 Å². The van der Waals surface area contributed by atoms with Gasteiger partial charge in [0.2, 0.25) is 11.8 Å². The highest BCUT2D eigenvalue weighted by molar-refractivity contribution is 6.32. The van der Waals surface area contributed by atoms with E-state index in [1.165, 1.54) is 24.4 Å². The van der Waals surface area contributed by atoms with Gasteiger partial charge >= 0.3 is 5.69 Å². The zero-order chi connectivity index (χ0) is 22.0. The predicted octanol–water partition coefficient (Wildman–Crippen LogP) is 5.63. The molecule has 3 aromatic rings. The highest BCUT2D eigenvalue weighted by Crippen LogP contribution is 2.34. The summed E-state index contributed by atoms with van der Waals surface area (Å²) >= 11 is 6.25. The van der Waals surface area contributed by atoms with Crippen LogP contribution in [-0.2, 0) is 6.42 Å². The summed E-state index contributed by atoms with van der Waals surface area (Å²) in [6.45, 7) is 0. The standard InChI is InChI=1S/C21H17ClFN5O3/c1-31-19-9-16(23)18(28(29)30)10-17(19)26-21-24-11-15(22)20(27-21)25-14-7-6-12-4-2-3-5-13(12)8-14/h2,4,6-11H,3,5H2,1H3,(H2,24,25,26,27). The zero-order valence-corrected chi connectivity index (χ0v) is 17.1. The van der Waals surface area contributed by atoms with Crippen molar-refractivity contribution >= 4 is 46.5 Å². The van der Waals surface area contributed by atoms with E-state index in [-0.39, 0.29) is 17.4 Å². The van der Waals surface area contributed by atoms with Crippen molar-refractivity contribution in [3.63, 3.8) is 0 Å². The summed E-state index contributed by atoms with van der Waals surface area (Å²) in [6, 6.07) is 7.93. The van der Waals surface area contributed by atoms with Gasteiger partial charge in [-0.2, -0.15) is 9.37 Å². The van der Waals surface area contributed by atoms with Gasteiger partial charge in [0.05, 0.1) is 23.9 Å². The number of hydrogen-bond acceptors (Lipinski definition) is 7. The zero-order valence-electron chi connectivity index (χ0n) is 16.4. The molecule has 8 nitrogen and oxygen atoms in total. The van der Waals surface area contributed by atoms with E-state index < -0.39 is 16.4 Å². The quantitative estimate of drug-likeness (QED) is 0.377. The summed E-state index contributed by atoms with van der Waals surface area (Å²) in [7, 11) is 1.33. The Bertz CT molecular complexity index is 1200. The number of ether oxygens (including phenoxy) is 1. The van der Waals surface area contributed by atoms with E-state index >= 15 is 0 Å². The minimum atomic E-state index is -1.01. The third-order valence-electron chi connectivity index (χ3n) is 4.74. The Hall–Kier alpha value is -3.72. The van der Waals surface area contributed by atoms with Crippen LogP contribution in [0, 0.1) is 15.9 Å². The predicted molar refractivity (Wildman–Crippen MR) is 117 cm³/mol. The second-order valence-corrected chi connectivity index (χ2v) is 7.16. The average Bonchev–Trinajstić information content (AvgIpc) is 2.76. The van der Waals surface area contributed by atoms with E-state index in [0.717, 1.165) is 30.7 Å². The highest BCUT2D eigenvalue weighted by atomic mass is 35.5. The molecule has 0 atom stereocenters. The number of aromatic nitrogens is 2. The minimum Gasteiger partial charge on any atom is -0.494 e. The lowest BCUT2D eigenvalue weighted by Gasteiger charge is -2.15. The molecule has 158 valence electrons. The number of nitrogens with zero attached hydrogens (tertiary/aromatic N) is 3. The van der Waals surface area contributed by atoms with Crippen molar-refractivity contribution in [3.8, 4) is 5.75 Å². The van der Waals surface area contributed by atoms with Crippen molar-refractivity contribution in [2.45, 2.75) is 12.8 Å². The molecule has 0 radical (unpaired) electrons. The number of fused-ring (bicyclic) bond motifs is 1. The normalized spacial score (nSPS) is 12.2. The van der Waals surface area contributed by atoms with Gasteiger partial charge in [0.1, 0.15) is 10.8 Å². The van der Waals surface area contributed by atoms with Crippen molar-refractivity contribution in [1.29, 1.82) is 0 Å². The molecule has 0 aliphatic heterocycles. The molecule has 0 saturated carbocycles. The number of allylic oxidation sites excluding steroid dienone is 1. The molecule has 1 heterocycles. The van der Waals surface area contributed by atoms with Gasteiger partial charge in [0.15, 0.2) is 5.82 Å². The van der Waals surface area contributed by atoms with Crippen LogP contribution in [0.2, 0.25) is 5.02 Å². The summed E-state index contributed by atoms with van der Waals surface area (Å²) in [6.07, 6.45) is 7.57. The molecule has 1 aromatic heterocycles. The topological polar surface area (TPSA) is 102 Å². The number of rotatable bonds is 6. The van der Waals surface area contributed by atoms with Crippen molar-refractivity contribution in [1.82, 2.24) is 9.97 Å². The molecule has 0 spiro atoms. The Morgan fingerprint density at radius 1 is 1.26 bits per heavy atom. The fourth-order valence-electron chi connectivity index (χ4n) is 3.23. The molecule has 10 heteroatoms. The van der Waals surface area contributed by atoms with Crippen LogP contribution in [0.15, 0.2) is 42.6 Å². The molecule has 4 rings (SSSR count). The number of benzene rings is 2. The van der Waals surface area contributed by atoms with Gasteiger partial charge in [-0.1, -0.05) is 29.8 Å². The molecule has 1 aliphatic rings. The van der Waals surface area contributed by atoms with Crippen LogP contribution < -0.4 is 15.4 Å². The van der Waals surface area contributed by atoms with Gasteiger partial charge < -0.3 is 15.4 Å². The largest absolute Gasteiger partial charge is 0.494 e. The molecular formula is C21H17ClFN5O3.